The average Bonchev–Trinajstić information content (AvgIpc) is 2.77. The normalized spacial score (nSPS) is 22.4. The van der Waals surface area contributed by atoms with Crippen LogP contribution in [0.2, 0.25) is 0 Å². The van der Waals surface area contributed by atoms with Gasteiger partial charge in [-0.2, -0.15) is 0 Å². The first kappa shape index (κ1) is 11.5. The van der Waals surface area contributed by atoms with Crippen molar-refractivity contribution < 1.29 is 4.79 Å². The van der Waals surface area contributed by atoms with Gasteiger partial charge in [0.1, 0.15) is 0 Å². The number of rotatable bonds is 1. The van der Waals surface area contributed by atoms with Crippen LogP contribution in [0.15, 0.2) is 41.1 Å². The zero-order valence-corrected chi connectivity index (χ0v) is 11.4. The molecule has 1 N–H and O–H groups in total. The highest BCUT2D eigenvalue weighted by atomic mass is 79.9. The van der Waals surface area contributed by atoms with Crippen molar-refractivity contribution in [3.8, 4) is 0 Å². The van der Waals surface area contributed by atoms with Crippen molar-refractivity contribution in [2.24, 2.45) is 0 Å². The summed E-state index contributed by atoms with van der Waals surface area (Å²) in [5, 5.41) is 3.04. The van der Waals surface area contributed by atoms with E-state index in [1.165, 1.54) is 0 Å². The van der Waals surface area contributed by atoms with Crippen LogP contribution in [-0.4, -0.2) is 15.5 Å². The smallest absolute Gasteiger partial charge is 0.288 e. The minimum absolute atomic E-state index is 0.131. The SMILES string of the molecule is C[C@@]1(c2cccc(Br)c2)Cn2ccnc2C(=O)N1. The van der Waals surface area contributed by atoms with Crippen LogP contribution < -0.4 is 5.32 Å². The maximum absolute atomic E-state index is 12.0. The van der Waals surface area contributed by atoms with Gasteiger partial charge in [0.15, 0.2) is 5.82 Å². The summed E-state index contributed by atoms with van der Waals surface area (Å²) < 4.78 is 2.90. The molecular weight excluding hydrogens is 294 g/mol. The molecule has 0 radical (unpaired) electrons. The first-order chi connectivity index (χ1) is 8.58. The summed E-state index contributed by atoms with van der Waals surface area (Å²) in [7, 11) is 0. The topological polar surface area (TPSA) is 46.9 Å². The molecule has 1 aromatic carbocycles. The molecular formula is C13H12BrN3O. The zero-order chi connectivity index (χ0) is 12.8. The number of aromatic nitrogens is 2. The molecule has 0 saturated carbocycles. The van der Waals surface area contributed by atoms with Crippen molar-refractivity contribution >= 4 is 21.8 Å². The van der Waals surface area contributed by atoms with Gasteiger partial charge in [0, 0.05) is 16.9 Å². The molecule has 0 bridgehead atoms. The van der Waals surface area contributed by atoms with Gasteiger partial charge >= 0.3 is 0 Å². The van der Waals surface area contributed by atoms with Crippen molar-refractivity contribution in [3.63, 3.8) is 0 Å². The summed E-state index contributed by atoms with van der Waals surface area (Å²) in [6.45, 7) is 2.71. The molecule has 2 aromatic rings. The maximum atomic E-state index is 12.0. The lowest BCUT2D eigenvalue weighted by Gasteiger charge is -2.35. The van der Waals surface area contributed by atoms with Crippen molar-refractivity contribution in [2.75, 3.05) is 0 Å². The Morgan fingerprint density at radius 2 is 2.33 bits per heavy atom. The number of imidazole rings is 1. The summed E-state index contributed by atoms with van der Waals surface area (Å²) >= 11 is 3.46. The molecule has 4 nitrogen and oxygen atoms in total. The van der Waals surface area contributed by atoms with E-state index in [1.807, 2.05) is 42.0 Å². The monoisotopic (exact) mass is 305 g/mol. The van der Waals surface area contributed by atoms with Crippen LogP contribution in [-0.2, 0) is 12.1 Å². The second kappa shape index (κ2) is 3.95. The Kier molecular flexibility index (Phi) is 2.52. The molecule has 0 unspecified atom stereocenters. The van der Waals surface area contributed by atoms with E-state index in [4.69, 9.17) is 0 Å². The molecule has 2 heterocycles. The molecule has 0 fully saturated rings. The molecule has 0 saturated heterocycles. The Labute approximate surface area is 113 Å². The molecule has 1 aliphatic rings. The number of nitrogens with one attached hydrogen (secondary N) is 1. The van der Waals surface area contributed by atoms with Crippen molar-refractivity contribution in [1.82, 2.24) is 14.9 Å². The molecule has 1 aliphatic heterocycles. The number of hydrogen-bond donors (Lipinski definition) is 1. The number of hydrogen-bond acceptors (Lipinski definition) is 2. The summed E-state index contributed by atoms with van der Waals surface area (Å²) in [6.07, 6.45) is 3.49. The zero-order valence-electron chi connectivity index (χ0n) is 9.85. The van der Waals surface area contributed by atoms with Crippen molar-refractivity contribution in [1.29, 1.82) is 0 Å². The van der Waals surface area contributed by atoms with Gasteiger partial charge in [0.25, 0.3) is 5.91 Å². The number of benzene rings is 1. The Morgan fingerprint density at radius 3 is 3.11 bits per heavy atom. The van der Waals surface area contributed by atoms with E-state index < -0.39 is 5.54 Å². The molecule has 1 amide bonds. The minimum Gasteiger partial charge on any atom is -0.338 e. The highest BCUT2D eigenvalue weighted by Crippen LogP contribution is 2.28. The fraction of sp³-hybridized carbons (Fsp3) is 0.231. The van der Waals surface area contributed by atoms with Gasteiger partial charge in [-0.05, 0) is 24.6 Å². The van der Waals surface area contributed by atoms with Gasteiger partial charge in [-0.15, -0.1) is 0 Å². The van der Waals surface area contributed by atoms with E-state index in [2.05, 4.69) is 26.2 Å². The average molecular weight is 306 g/mol. The number of amides is 1. The molecule has 3 rings (SSSR count). The van der Waals surface area contributed by atoms with Crippen LogP contribution >= 0.6 is 15.9 Å². The molecule has 1 atom stereocenters. The predicted octanol–water partition coefficient (Wildman–Crippen LogP) is 2.30. The minimum atomic E-state index is -0.408. The second-order valence-corrected chi connectivity index (χ2v) is 5.59. The fourth-order valence-electron chi connectivity index (χ4n) is 2.33. The van der Waals surface area contributed by atoms with Gasteiger partial charge in [0.05, 0.1) is 12.1 Å². The number of carbonyl (C=O) groups is 1. The third-order valence-electron chi connectivity index (χ3n) is 3.26. The Bertz CT molecular complexity index is 622. The van der Waals surface area contributed by atoms with Gasteiger partial charge < -0.3 is 9.88 Å². The van der Waals surface area contributed by atoms with Crippen LogP contribution in [0.3, 0.4) is 0 Å². The van der Waals surface area contributed by atoms with Crippen LogP contribution in [0.25, 0.3) is 0 Å². The lowest BCUT2D eigenvalue weighted by Crippen LogP contribution is -2.51. The Balaban J connectivity index is 2.05. The Morgan fingerprint density at radius 1 is 1.50 bits per heavy atom. The van der Waals surface area contributed by atoms with Crippen LogP contribution in [0.5, 0.6) is 0 Å². The van der Waals surface area contributed by atoms with E-state index in [9.17, 15) is 4.79 Å². The molecule has 5 heteroatoms. The standard InChI is InChI=1S/C13H12BrN3O/c1-13(9-3-2-4-10(14)7-9)8-17-6-5-15-11(17)12(18)16-13/h2-7H,8H2,1H3,(H,16,18)/t13-/m0/s1. The molecule has 0 spiro atoms. The van der Waals surface area contributed by atoms with Crippen LogP contribution in [0, 0.1) is 0 Å². The molecule has 0 aliphatic carbocycles. The summed E-state index contributed by atoms with van der Waals surface area (Å²) in [5.74, 6) is 0.344. The lowest BCUT2D eigenvalue weighted by molar-refractivity contribution is 0.0840. The summed E-state index contributed by atoms with van der Waals surface area (Å²) in [4.78, 5) is 16.1. The van der Waals surface area contributed by atoms with Gasteiger partial charge in [0.2, 0.25) is 0 Å². The van der Waals surface area contributed by atoms with Crippen LogP contribution in [0.1, 0.15) is 23.1 Å². The van der Waals surface area contributed by atoms with Gasteiger partial charge in [-0.25, -0.2) is 4.98 Å². The second-order valence-electron chi connectivity index (χ2n) is 4.68. The van der Waals surface area contributed by atoms with Gasteiger partial charge in [-0.1, -0.05) is 28.1 Å². The van der Waals surface area contributed by atoms with E-state index in [-0.39, 0.29) is 5.91 Å². The third-order valence-corrected chi connectivity index (χ3v) is 3.75. The first-order valence-electron chi connectivity index (χ1n) is 5.68. The molecule has 92 valence electrons. The number of nitrogens with zero attached hydrogens (tertiary/aromatic N) is 2. The van der Waals surface area contributed by atoms with Crippen molar-refractivity contribution in [3.05, 3.63) is 52.5 Å². The van der Waals surface area contributed by atoms with E-state index in [0.29, 0.717) is 12.4 Å². The molecule has 18 heavy (non-hydrogen) atoms. The third kappa shape index (κ3) is 1.75. The van der Waals surface area contributed by atoms with Crippen LogP contribution in [0.4, 0.5) is 0 Å². The highest BCUT2D eigenvalue weighted by molar-refractivity contribution is 9.10. The van der Waals surface area contributed by atoms with Crippen molar-refractivity contribution in [2.45, 2.75) is 19.0 Å². The first-order valence-corrected chi connectivity index (χ1v) is 6.47. The van der Waals surface area contributed by atoms with Gasteiger partial charge in [-0.3, -0.25) is 4.79 Å². The maximum Gasteiger partial charge on any atom is 0.288 e. The summed E-state index contributed by atoms with van der Waals surface area (Å²) in [5.41, 5.74) is 0.666. The van der Waals surface area contributed by atoms with E-state index >= 15 is 0 Å². The Hall–Kier alpha value is -1.62. The van der Waals surface area contributed by atoms with E-state index in [0.717, 1.165) is 10.0 Å². The highest BCUT2D eigenvalue weighted by Gasteiger charge is 2.35. The number of carbonyl (C=O) groups excluding carboxylic acids is 1. The predicted molar refractivity (Wildman–Crippen MR) is 71.2 cm³/mol. The fourth-order valence-corrected chi connectivity index (χ4v) is 2.73. The van der Waals surface area contributed by atoms with E-state index in [1.54, 1.807) is 6.20 Å². The molecule has 1 aromatic heterocycles. The largest absolute Gasteiger partial charge is 0.338 e. The lowest BCUT2D eigenvalue weighted by atomic mass is 9.90. The number of fused-ring (bicyclic) bond motifs is 1. The summed E-state index contributed by atoms with van der Waals surface area (Å²) in [6, 6.07) is 8.00. The quantitative estimate of drug-likeness (QED) is 0.879. The number of halogens is 1.